The van der Waals surface area contributed by atoms with Crippen LogP contribution in [0.25, 0.3) is 11.1 Å². The first-order valence-electron chi connectivity index (χ1n) is 10.1. The van der Waals surface area contributed by atoms with Crippen molar-refractivity contribution in [1.82, 2.24) is 9.55 Å². The van der Waals surface area contributed by atoms with Crippen molar-refractivity contribution >= 4 is 21.4 Å². The third kappa shape index (κ3) is 5.02. The maximum absolute atomic E-state index is 12.2. The highest BCUT2D eigenvalue weighted by atomic mass is 32.2. The van der Waals surface area contributed by atoms with Crippen LogP contribution in [-0.2, 0) is 28.4 Å². The second-order valence-electron chi connectivity index (χ2n) is 9.33. The third-order valence-corrected chi connectivity index (χ3v) is 7.57. The van der Waals surface area contributed by atoms with Gasteiger partial charge in [0.15, 0.2) is 0 Å². The van der Waals surface area contributed by atoms with E-state index in [1.54, 1.807) is 0 Å². The second kappa shape index (κ2) is 8.29. The largest absolute Gasteiger partial charge is 0.330 e. The molecule has 0 atom stereocenters. The molecule has 0 saturated heterocycles. The normalized spacial score (nSPS) is 12.7. The van der Waals surface area contributed by atoms with E-state index in [4.69, 9.17) is 5.14 Å². The number of thiophene rings is 1. The Morgan fingerprint density at radius 3 is 2.43 bits per heavy atom. The van der Waals surface area contributed by atoms with Gasteiger partial charge in [0.25, 0.3) is 0 Å². The molecular weight excluding hydrogens is 414 g/mol. The van der Waals surface area contributed by atoms with E-state index in [-0.39, 0.29) is 9.62 Å². The summed E-state index contributed by atoms with van der Waals surface area (Å²) in [5, 5.41) is 5.54. The standard InChI is InChI=1S/C23H31N3O2S2/c1-15(2)11-18-13-20(21(29-18)30(24,27)28)19-8-7-17(12-16(19)3)14-26-10-9-25-22(26)23(4,5)6/h7-10,12-13,15H,11,14H2,1-6H3,(H2,24,27,28). The van der Waals surface area contributed by atoms with Crippen LogP contribution in [0.4, 0.5) is 0 Å². The van der Waals surface area contributed by atoms with E-state index < -0.39 is 10.0 Å². The molecule has 1 aromatic carbocycles. The van der Waals surface area contributed by atoms with Crippen molar-refractivity contribution in [1.29, 1.82) is 0 Å². The van der Waals surface area contributed by atoms with Crippen LogP contribution >= 0.6 is 11.3 Å². The van der Waals surface area contributed by atoms with Crippen molar-refractivity contribution in [2.24, 2.45) is 11.1 Å². The Kier molecular flexibility index (Phi) is 6.28. The van der Waals surface area contributed by atoms with E-state index in [1.165, 1.54) is 11.3 Å². The molecule has 0 aliphatic heterocycles. The summed E-state index contributed by atoms with van der Waals surface area (Å²) in [6.07, 6.45) is 4.67. The summed E-state index contributed by atoms with van der Waals surface area (Å²) >= 11 is 1.29. The van der Waals surface area contributed by atoms with E-state index in [2.05, 4.69) is 56.3 Å². The quantitative estimate of drug-likeness (QED) is 0.572. The molecule has 3 aromatic rings. The van der Waals surface area contributed by atoms with Gasteiger partial charge in [0.05, 0.1) is 0 Å². The maximum Gasteiger partial charge on any atom is 0.248 e. The van der Waals surface area contributed by atoms with Gasteiger partial charge in [-0.3, -0.25) is 0 Å². The lowest BCUT2D eigenvalue weighted by Crippen LogP contribution is -2.19. The molecule has 0 spiro atoms. The van der Waals surface area contributed by atoms with Gasteiger partial charge < -0.3 is 4.57 Å². The van der Waals surface area contributed by atoms with Gasteiger partial charge in [0, 0.05) is 34.8 Å². The molecule has 0 radical (unpaired) electrons. The van der Waals surface area contributed by atoms with Crippen molar-refractivity contribution < 1.29 is 8.42 Å². The number of primary sulfonamides is 1. The number of rotatable bonds is 6. The van der Waals surface area contributed by atoms with Crippen molar-refractivity contribution in [3.63, 3.8) is 0 Å². The lowest BCUT2D eigenvalue weighted by molar-refractivity contribution is 0.511. The molecular formula is C23H31N3O2S2. The van der Waals surface area contributed by atoms with E-state index in [0.29, 0.717) is 11.5 Å². The van der Waals surface area contributed by atoms with Gasteiger partial charge in [-0.25, -0.2) is 18.5 Å². The van der Waals surface area contributed by atoms with E-state index in [1.807, 2.05) is 31.5 Å². The van der Waals surface area contributed by atoms with Crippen LogP contribution in [-0.4, -0.2) is 18.0 Å². The molecule has 162 valence electrons. The van der Waals surface area contributed by atoms with Gasteiger partial charge in [-0.1, -0.05) is 52.8 Å². The fraction of sp³-hybridized carbons (Fsp3) is 0.435. The lowest BCUT2D eigenvalue weighted by Gasteiger charge is -2.20. The Morgan fingerprint density at radius 2 is 1.87 bits per heavy atom. The minimum absolute atomic E-state index is 0.0354. The summed E-state index contributed by atoms with van der Waals surface area (Å²) in [7, 11) is -3.78. The highest BCUT2D eigenvalue weighted by Crippen LogP contribution is 2.37. The maximum atomic E-state index is 12.2. The zero-order chi connectivity index (χ0) is 22.3. The Balaban J connectivity index is 1.99. The highest BCUT2D eigenvalue weighted by Gasteiger charge is 2.22. The predicted octanol–water partition coefficient (Wildman–Crippen LogP) is 5.11. The molecule has 0 fully saturated rings. The molecule has 2 N–H and O–H groups in total. The number of imidazole rings is 1. The Bertz CT molecular complexity index is 1150. The summed E-state index contributed by atoms with van der Waals surface area (Å²) in [6.45, 7) is 13.4. The molecule has 30 heavy (non-hydrogen) atoms. The number of aryl methyl sites for hydroxylation is 1. The number of sulfonamides is 1. The first-order chi connectivity index (χ1) is 13.9. The van der Waals surface area contributed by atoms with Crippen molar-refractivity contribution in [3.05, 3.63) is 58.5 Å². The van der Waals surface area contributed by atoms with E-state index in [0.717, 1.165) is 40.4 Å². The molecule has 0 bridgehead atoms. The number of hydrogen-bond donors (Lipinski definition) is 1. The highest BCUT2D eigenvalue weighted by molar-refractivity contribution is 7.91. The van der Waals surface area contributed by atoms with Crippen molar-refractivity contribution in [2.45, 2.75) is 64.1 Å². The van der Waals surface area contributed by atoms with Crippen LogP contribution in [0.2, 0.25) is 0 Å². The summed E-state index contributed by atoms with van der Waals surface area (Å²) in [4.78, 5) is 5.56. The van der Waals surface area contributed by atoms with Crippen LogP contribution in [0, 0.1) is 12.8 Å². The van der Waals surface area contributed by atoms with Gasteiger partial charge in [0.2, 0.25) is 10.0 Å². The van der Waals surface area contributed by atoms with Gasteiger partial charge in [-0.15, -0.1) is 11.3 Å². The molecule has 0 aliphatic carbocycles. The molecule has 0 unspecified atom stereocenters. The fourth-order valence-electron chi connectivity index (χ4n) is 3.73. The van der Waals surface area contributed by atoms with Gasteiger partial charge in [0.1, 0.15) is 10.0 Å². The molecule has 2 aromatic heterocycles. The smallest absolute Gasteiger partial charge is 0.248 e. The van der Waals surface area contributed by atoms with E-state index in [9.17, 15) is 8.42 Å². The summed E-state index contributed by atoms with van der Waals surface area (Å²) in [5.74, 6) is 1.48. The Hall–Kier alpha value is -1.96. The van der Waals surface area contributed by atoms with Gasteiger partial charge >= 0.3 is 0 Å². The van der Waals surface area contributed by atoms with Crippen LogP contribution in [0.15, 0.2) is 40.9 Å². The number of nitrogens with two attached hydrogens (primary N) is 1. The first-order valence-corrected chi connectivity index (χ1v) is 12.5. The molecule has 5 nitrogen and oxygen atoms in total. The van der Waals surface area contributed by atoms with E-state index >= 15 is 0 Å². The first kappa shape index (κ1) is 22.7. The van der Waals surface area contributed by atoms with Gasteiger partial charge in [-0.05, 0) is 42.0 Å². The molecule has 2 heterocycles. The Morgan fingerprint density at radius 1 is 1.17 bits per heavy atom. The molecule has 0 aliphatic rings. The summed E-state index contributed by atoms with van der Waals surface area (Å²) in [5.41, 5.74) is 3.76. The minimum atomic E-state index is -3.78. The minimum Gasteiger partial charge on any atom is -0.330 e. The predicted molar refractivity (Wildman–Crippen MR) is 124 cm³/mol. The Labute approximate surface area is 184 Å². The lowest BCUT2D eigenvalue weighted by atomic mass is 9.95. The van der Waals surface area contributed by atoms with Gasteiger partial charge in [-0.2, -0.15) is 0 Å². The summed E-state index contributed by atoms with van der Waals surface area (Å²) in [6, 6.07) is 8.17. The molecule has 7 heteroatoms. The monoisotopic (exact) mass is 445 g/mol. The average Bonchev–Trinajstić information content (AvgIpc) is 3.21. The molecule has 0 saturated carbocycles. The molecule has 0 amide bonds. The number of benzene rings is 1. The number of aromatic nitrogens is 2. The topological polar surface area (TPSA) is 78.0 Å². The van der Waals surface area contributed by atoms with Crippen LogP contribution in [0.1, 0.15) is 56.4 Å². The number of nitrogens with zero attached hydrogens (tertiary/aromatic N) is 2. The third-order valence-electron chi connectivity index (χ3n) is 4.94. The van der Waals surface area contributed by atoms with Crippen molar-refractivity contribution in [2.75, 3.05) is 0 Å². The van der Waals surface area contributed by atoms with Crippen LogP contribution < -0.4 is 5.14 Å². The SMILES string of the molecule is Cc1cc(Cn2ccnc2C(C)(C)C)ccc1-c1cc(CC(C)C)sc1S(N)(=O)=O. The fourth-order valence-corrected chi connectivity index (χ4v) is 6.10. The van der Waals surface area contributed by atoms with Crippen LogP contribution in [0.5, 0.6) is 0 Å². The van der Waals surface area contributed by atoms with Crippen LogP contribution in [0.3, 0.4) is 0 Å². The number of hydrogen-bond acceptors (Lipinski definition) is 4. The van der Waals surface area contributed by atoms with Crippen molar-refractivity contribution in [3.8, 4) is 11.1 Å². The zero-order valence-electron chi connectivity index (χ0n) is 18.6. The average molecular weight is 446 g/mol. The molecule has 3 rings (SSSR count). The zero-order valence-corrected chi connectivity index (χ0v) is 20.2. The summed E-state index contributed by atoms with van der Waals surface area (Å²) < 4.78 is 26.9. The second-order valence-corrected chi connectivity index (χ2v) is 12.2.